The average Bonchev–Trinajstić information content (AvgIpc) is 3.09. The zero-order chi connectivity index (χ0) is 21.4. The molecule has 4 rings (SSSR count). The molecule has 160 valence electrons. The molecule has 0 aliphatic carbocycles. The van der Waals surface area contributed by atoms with Crippen LogP contribution in [0.15, 0.2) is 48.7 Å². The lowest BCUT2D eigenvalue weighted by molar-refractivity contribution is -0.250. The molecule has 0 bridgehead atoms. The van der Waals surface area contributed by atoms with Crippen LogP contribution < -0.4 is 4.74 Å². The number of aryl methyl sites for hydroxylation is 1. The summed E-state index contributed by atoms with van der Waals surface area (Å²) < 4.78 is 12.9. The number of ether oxygens (including phenoxy) is 2. The molecule has 3 aromatic rings. The summed E-state index contributed by atoms with van der Waals surface area (Å²) in [6.45, 7) is 1.52. The van der Waals surface area contributed by atoms with Crippen LogP contribution in [0.5, 0.6) is 5.75 Å². The van der Waals surface area contributed by atoms with Gasteiger partial charge in [-0.15, -0.1) is 0 Å². The van der Waals surface area contributed by atoms with Crippen LogP contribution in [0.25, 0.3) is 10.9 Å². The fourth-order valence-electron chi connectivity index (χ4n) is 4.10. The summed E-state index contributed by atoms with van der Waals surface area (Å²) in [6, 6.07) is 13.9. The Hall–Kier alpha value is -2.42. The van der Waals surface area contributed by atoms with Gasteiger partial charge in [0, 0.05) is 11.6 Å². The van der Waals surface area contributed by atoms with Crippen molar-refractivity contribution in [2.24, 2.45) is 0 Å². The van der Waals surface area contributed by atoms with E-state index in [2.05, 4.69) is 0 Å². The van der Waals surface area contributed by atoms with Crippen molar-refractivity contribution in [3.8, 4) is 5.75 Å². The Morgan fingerprint density at radius 1 is 1.03 bits per heavy atom. The van der Waals surface area contributed by atoms with Gasteiger partial charge in [-0.3, -0.25) is 0 Å². The zero-order valence-corrected chi connectivity index (χ0v) is 17.0. The number of benzene rings is 2. The summed E-state index contributed by atoms with van der Waals surface area (Å²) in [5.74, 6) is 0.779. The fraction of sp³-hybridized carbons (Fsp3) is 0.391. The molecule has 2 heterocycles. The Balaban J connectivity index is 1.77. The molecule has 30 heavy (non-hydrogen) atoms. The highest BCUT2D eigenvalue weighted by Gasteiger charge is 2.44. The maximum absolute atomic E-state index is 10.6. The van der Waals surface area contributed by atoms with Crippen molar-refractivity contribution in [1.29, 1.82) is 0 Å². The van der Waals surface area contributed by atoms with E-state index in [0.717, 1.165) is 33.3 Å². The van der Waals surface area contributed by atoms with Crippen molar-refractivity contribution < 1.29 is 29.9 Å². The van der Waals surface area contributed by atoms with Crippen LogP contribution in [0.1, 0.15) is 22.9 Å². The third-order valence-electron chi connectivity index (χ3n) is 5.74. The van der Waals surface area contributed by atoms with Crippen molar-refractivity contribution in [1.82, 2.24) is 4.57 Å². The molecule has 5 atom stereocenters. The molecule has 7 heteroatoms. The van der Waals surface area contributed by atoms with Crippen LogP contribution in [0, 0.1) is 6.92 Å². The molecular weight excluding hydrogens is 386 g/mol. The van der Waals surface area contributed by atoms with Gasteiger partial charge in [0.15, 0.2) is 6.23 Å². The molecular formula is C23H27NO6. The number of aliphatic hydroxyl groups excluding tert-OH is 4. The second kappa shape index (κ2) is 8.37. The quantitative estimate of drug-likeness (QED) is 0.506. The molecule has 1 aromatic heterocycles. The summed E-state index contributed by atoms with van der Waals surface area (Å²) in [4.78, 5) is 0. The van der Waals surface area contributed by atoms with Crippen molar-refractivity contribution in [2.75, 3.05) is 13.7 Å². The Morgan fingerprint density at radius 3 is 2.57 bits per heavy atom. The van der Waals surface area contributed by atoms with Crippen LogP contribution in [0.3, 0.4) is 0 Å². The maximum atomic E-state index is 10.6. The molecule has 0 unspecified atom stereocenters. The van der Waals surface area contributed by atoms with Crippen LogP contribution in [0.4, 0.5) is 0 Å². The van der Waals surface area contributed by atoms with E-state index in [4.69, 9.17) is 9.47 Å². The maximum Gasteiger partial charge on any atom is 0.163 e. The van der Waals surface area contributed by atoms with Gasteiger partial charge in [-0.25, -0.2) is 0 Å². The van der Waals surface area contributed by atoms with Gasteiger partial charge >= 0.3 is 0 Å². The lowest BCUT2D eigenvalue weighted by Gasteiger charge is -2.40. The van der Waals surface area contributed by atoms with Gasteiger partial charge in [0.25, 0.3) is 0 Å². The van der Waals surface area contributed by atoms with Gasteiger partial charge in [0.1, 0.15) is 30.2 Å². The lowest BCUT2D eigenvalue weighted by atomic mass is 9.98. The molecule has 1 fully saturated rings. The van der Waals surface area contributed by atoms with E-state index >= 15 is 0 Å². The van der Waals surface area contributed by atoms with Gasteiger partial charge in [-0.05, 0) is 48.2 Å². The first-order valence-corrected chi connectivity index (χ1v) is 9.96. The van der Waals surface area contributed by atoms with Crippen molar-refractivity contribution in [3.63, 3.8) is 0 Å². The fourth-order valence-corrected chi connectivity index (χ4v) is 4.10. The van der Waals surface area contributed by atoms with E-state index in [-0.39, 0.29) is 0 Å². The number of hydrogen-bond donors (Lipinski definition) is 4. The van der Waals surface area contributed by atoms with E-state index in [1.807, 2.05) is 55.6 Å². The predicted molar refractivity (Wildman–Crippen MR) is 111 cm³/mol. The lowest BCUT2D eigenvalue weighted by Crippen LogP contribution is -2.56. The summed E-state index contributed by atoms with van der Waals surface area (Å²) in [5, 5.41) is 41.5. The molecule has 0 radical (unpaired) electrons. The summed E-state index contributed by atoms with van der Waals surface area (Å²) in [5.41, 5.74) is 3.98. The first-order valence-electron chi connectivity index (χ1n) is 9.96. The van der Waals surface area contributed by atoms with Gasteiger partial charge in [-0.2, -0.15) is 0 Å². The number of fused-ring (bicyclic) bond motifs is 1. The zero-order valence-electron chi connectivity index (χ0n) is 17.0. The smallest absolute Gasteiger partial charge is 0.163 e. The monoisotopic (exact) mass is 413 g/mol. The minimum Gasteiger partial charge on any atom is -0.497 e. The minimum atomic E-state index is -1.43. The molecule has 0 spiro atoms. The normalized spacial score (nSPS) is 26.8. The highest BCUT2D eigenvalue weighted by Crippen LogP contribution is 2.34. The van der Waals surface area contributed by atoms with Crippen LogP contribution in [-0.4, -0.2) is 63.1 Å². The third-order valence-corrected chi connectivity index (χ3v) is 5.74. The predicted octanol–water partition coefficient (Wildman–Crippen LogP) is 1.52. The van der Waals surface area contributed by atoms with Gasteiger partial charge in [0.2, 0.25) is 0 Å². The van der Waals surface area contributed by atoms with Crippen LogP contribution >= 0.6 is 0 Å². The van der Waals surface area contributed by atoms with E-state index in [1.165, 1.54) is 0 Å². The topological polar surface area (TPSA) is 104 Å². The van der Waals surface area contributed by atoms with E-state index in [1.54, 1.807) is 11.7 Å². The molecule has 1 aliphatic rings. The van der Waals surface area contributed by atoms with E-state index in [0.29, 0.717) is 6.42 Å². The number of nitrogens with zero attached hydrogens (tertiary/aromatic N) is 1. The van der Waals surface area contributed by atoms with Crippen molar-refractivity contribution in [2.45, 2.75) is 44.0 Å². The van der Waals surface area contributed by atoms with Crippen LogP contribution in [0.2, 0.25) is 0 Å². The number of aromatic nitrogens is 1. The molecule has 4 N–H and O–H groups in total. The van der Waals surface area contributed by atoms with Gasteiger partial charge in [0.05, 0.1) is 19.2 Å². The molecule has 0 saturated carbocycles. The number of methoxy groups -OCH3 is 1. The number of hydrogen-bond acceptors (Lipinski definition) is 6. The third kappa shape index (κ3) is 3.71. The summed E-state index contributed by atoms with van der Waals surface area (Å²) in [6.07, 6.45) is -3.52. The minimum absolute atomic E-state index is 0.462. The van der Waals surface area contributed by atoms with Crippen molar-refractivity contribution >= 4 is 10.9 Å². The van der Waals surface area contributed by atoms with E-state index in [9.17, 15) is 20.4 Å². The largest absolute Gasteiger partial charge is 0.497 e. The Kier molecular flexibility index (Phi) is 5.81. The summed E-state index contributed by atoms with van der Waals surface area (Å²) in [7, 11) is 1.63. The van der Waals surface area contributed by atoms with Gasteiger partial charge < -0.3 is 34.5 Å². The molecule has 7 nitrogen and oxygen atoms in total. The standard InChI is InChI=1S/C23H27NO6/c1-13-6-7-17-15(9-14-4-3-5-16(10-14)29-2)11-24(18(17)8-13)23-22(28)21(27)20(26)19(12-25)30-23/h3-8,10-11,19-23,25-28H,9,12H2,1-2H3/t19-,20-,21+,22-,23-/m1/s1. The van der Waals surface area contributed by atoms with E-state index < -0.39 is 37.3 Å². The summed E-state index contributed by atoms with van der Waals surface area (Å²) >= 11 is 0. The second-order valence-corrected chi connectivity index (χ2v) is 7.83. The van der Waals surface area contributed by atoms with Crippen molar-refractivity contribution in [3.05, 3.63) is 65.4 Å². The van der Waals surface area contributed by atoms with Crippen LogP contribution in [-0.2, 0) is 11.2 Å². The molecule has 2 aromatic carbocycles. The molecule has 0 amide bonds. The Bertz CT molecular complexity index is 1030. The number of aliphatic hydroxyl groups is 4. The SMILES string of the molecule is COc1cccc(Cc2cn([C@@H]3O[C@H](CO)[C@@H](O)[C@H](O)[C@H]3O)c3cc(C)ccc23)c1. The first kappa shape index (κ1) is 20.8. The molecule has 1 saturated heterocycles. The highest BCUT2D eigenvalue weighted by atomic mass is 16.6. The van der Waals surface area contributed by atoms with Gasteiger partial charge in [-0.1, -0.05) is 24.3 Å². The Labute approximate surface area is 174 Å². The molecule has 1 aliphatic heterocycles. The first-order chi connectivity index (χ1) is 14.4. The average molecular weight is 413 g/mol. The highest BCUT2D eigenvalue weighted by molar-refractivity contribution is 5.85. The number of rotatable bonds is 5. The Morgan fingerprint density at radius 2 is 1.83 bits per heavy atom. The second-order valence-electron chi connectivity index (χ2n) is 7.83.